The molecule has 2 rings (SSSR count). The van der Waals surface area contributed by atoms with Crippen LogP contribution in [0.3, 0.4) is 0 Å². The molecule has 21 heavy (non-hydrogen) atoms. The summed E-state index contributed by atoms with van der Waals surface area (Å²) in [4.78, 5) is 28.4. The van der Waals surface area contributed by atoms with Crippen molar-refractivity contribution in [3.63, 3.8) is 0 Å². The largest absolute Gasteiger partial charge is 0.481 e. The number of thiophene rings is 1. The van der Waals surface area contributed by atoms with E-state index in [1.165, 1.54) is 0 Å². The molecule has 1 aliphatic heterocycles. The Morgan fingerprint density at radius 2 is 2.10 bits per heavy atom. The molecule has 0 aromatic carbocycles. The number of hydrogen-bond donors (Lipinski definition) is 1. The highest BCUT2D eigenvalue weighted by molar-refractivity contribution is 7.09. The standard InChI is InChI=1S/C15H22N2O3S/c1-3-15(13(18)19)6-8-17(9-7-15)14(20)16(2)11-12-5-4-10-21-12/h4-5,10H,3,6-9,11H2,1-2H3,(H,18,19). The van der Waals surface area contributed by atoms with Crippen molar-refractivity contribution in [1.82, 2.24) is 9.80 Å². The molecule has 1 fully saturated rings. The highest BCUT2D eigenvalue weighted by Crippen LogP contribution is 2.35. The van der Waals surface area contributed by atoms with Gasteiger partial charge in [-0.05, 0) is 30.7 Å². The summed E-state index contributed by atoms with van der Waals surface area (Å²) < 4.78 is 0. The minimum atomic E-state index is -0.732. The summed E-state index contributed by atoms with van der Waals surface area (Å²) in [6, 6.07) is 3.97. The van der Waals surface area contributed by atoms with E-state index in [0.717, 1.165) is 4.88 Å². The first-order chi connectivity index (χ1) is 9.98. The van der Waals surface area contributed by atoms with Gasteiger partial charge < -0.3 is 14.9 Å². The Hall–Kier alpha value is -1.56. The number of rotatable bonds is 4. The predicted octanol–water partition coefficient (Wildman–Crippen LogP) is 2.88. The number of carboxylic acids is 1. The quantitative estimate of drug-likeness (QED) is 0.930. The molecule has 0 bridgehead atoms. The monoisotopic (exact) mass is 310 g/mol. The minimum Gasteiger partial charge on any atom is -0.481 e. The van der Waals surface area contributed by atoms with Crippen molar-refractivity contribution in [3.8, 4) is 0 Å². The van der Waals surface area contributed by atoms with E-state index in [1.54, 1.807) is 28.2 Å². The molecule has 5 nitrogen and oxygen atoms in total. The molecule has 2 heterocycles. The van der Waals surface area contributed by atoms with Gasteiger partial charge in [-0.1, -0.05) is 13.0 Å². The molecule has 116 valence electrons. The number of carboxylic acid groups (broad SMARTS) is 1. The summed E-state index contributed by atoms with van der Waals surface area (Å²) in [6.45, 7) is 3.56. The predicted molar refractivity (Wildman–Crippen MR) is 82.3 cm³/mol. The summed E-state index contributed by atoms with van der Waals surface area (Å²) >= 11 is 1.63. The Balaban J connectivity index is 1.92. The number of carbonyl (C=O) groups excluding carboxylic acids is 1. The zero-order valence-electron chi connectivity index (χ0n) is 12.5. The molecule has 0 radical (unpaired) electrons. The van der Waals surface area contributed by atoms with E-state index in [4.69, 9.17) is 0 Å². The van der Waals surface area contributed by atoms with Gasteiger partial charge in [0.1, 0.15) is 0 Å². The normalized spacial score (nSPS) is 17.5. The summed E-state index contributed by atoms with van der Waals surface area (Å²) in [6.07, 6.45) is 1.70. The second-order valence-corrected chi connectivity index (χ2v) is 6.68. The maximum absolute atomic E-state index is 12.4. The average Bonchev–Trinajstić information content (AvgIpc) is 2.99. The highest BCUT2D eigenvalue weighted by atomic mass is 32.1. The topological polar surface area (TPSA) is 60.9 Å². The second-order valence-electron chi connectivity index (χ2n) is 5.64. The van der Waals surface area contributed by atoms with E-state index < -0.39 is 11.4 Å². The number of amides is 2. The average molecular weight is 310 g/mol. The molecule has 0 unspecified atom stereocenters. The van der Waals surface area contributed by atoms with Gasteiger partial charge in [-0.25, -0.2) is 4.79 Å². The maximum atomic E-state index is 12.4. The smallest absolute Gasteiger partial charge is 0.320 e. The third-order valence-electron chi connectivity index (χ3n) is 4.42. The molecule has 1 saturated heterocycles. The van der Waals surface area contributed by atoms with Crippen LogP contribution in [0.4, 0.5) is 4.79 Å². The second kappa shape index (κ2) is 6.47. The molecule has 0 spiro atoms. The van der Waals surface area contributed by atoms with Crippen LogP contribution in [0, 0.1) is 5.41 Å². The van der Waals surface area contributed by atoms with E-state index in [2.05, 4.69) is 0 Å². The molecule has 0 saturated carbocycles. The fraction of sp³-hybridized carbons (Fsp3) is 0.600. The summed E-state index contributed by atoms with van der Waals surface area (Å²) in [7, 11) is 1.79. The lowest BCUT2D eigenvalue weighted by atomic mass is 9.76. The van der Waals surface area contributed by atoms with Crippen LogP contribution in [-0.4, -0.2) is 47.0 Å². The van der Waals surface area contributed by atoms with Gasteiger partial charge in [-0.3, -0.25) is 4.79 Å². The van der Waals surface area contributed by atoms with Gasteiger partial charge in [0, 0.05) is 25.0 Å². The Morgan fingerprint density at radius 1 is 1.43 bits per heavy atom. The van der Waals surface area contributed by atoms with Gasteiger partial charge in [0.05, 0.1) is 12.0 Å². The Bertz CT molecular complexity index is 493. The number of likely N-dealkylation sites (tertiary alicyclic amines) is 1. The molecule has 1 N–H and O–H groups in total. The maximum Gasteiger partial charge on any atom is 0.320 e. The Kier molecular flexibility index (Phi) is 4.88. The third kappa shape index (κ3) is 3.37. The lowest BCUT2D eigenvalue weighted by Gasteiger charge is -2.39. The molecule has 0 aliphatic carbocycles. The van der Waals surface area contributed by atoms with Gasteiger partial charge in [0.25, 0.3) is 0 Å². The number of urea groups is 1. The zero-order valence-corrected chi connectivity index (χ0v) is 13.4. The molecule has 6 heteroatoms. The van der Waals surface area contributed by atoms with Crippen LogP contribution in [0.5, 0.6) is 0 Å². The summed E-state index contributed by atoms with van der Waals surface area (Å²) in [5.74, 6) is -0.732. The first-order valence-corrected chi connectivity index (χ1v) is 8.12. The Morgan fingerprint density at radius 3 is 2.57 bits per heavy atom. The first-order valence-electron chi connectivity index (χ1n) is 7.24. The van der Waals surface area contributed by atoms with Crippen molar-refractivity contribution in [1.29, 1.82) is 0 Å². The van der Waals surface area contributed by atoms with E-state index >= 15 is 0 Å². The summed E-state index contributed by atoms with van der Waals surface area (Å²) in [5.41, 5.74) is -0.650. The summed E-state index contributed by atoms with van der Waals surface area (Å²) in [5, 5.41) is 11.4. The third-order valence-corrected chi connectivity index (χ3v) is 5.28. The molecular weight excluding hydrogens is 288 g/mol. The number of carbonyl (C=O) groups is 2. The first kappa shape index (κ1) is 15.8. The number of hydrogen-bond acceptors (Lipinski definition) is 3. The lowest BCUT2D eigenvalue weighted by Crippen LogP contribution is -2.49. The Labute approximate surface area is 129 Å². The lowest BCUT2D eigenvalue weighted by molar-refractivity contribution is -0.152. The molecular formula is C15H22N2O3S. The van der Waals surface area contributed by atoms with E-state index in [1.807, 2.05) is 24.4 Å². The van der Waals surface area contributed by atoms with Crippen molar-refractivity contribution in [2.24, 2.45) is 5.41 Å². The fourth-order valence-electron chi connectivity index (χ4n) is 2.79. The van der Waals surface area contributed by atoms with Crippen LogP contribution in [0.15, 0.2) is 17.5 Å². The highest BCUT2D eigenvalue weighted by Gasteiger charge is 2.41. The number of nitrogens with zero attached hydrogens (tertiary/aromatic N) is 2. The van der Waals surface area contributed by atoms with Gasteiger partial charge in [0.2, 0.25) is 0 Å². The number of aliphatic carboxylic acids is 1. The minimum absolute atomic E-state index is 0.0153. The van der Waals surface area contributed by atoms with Crippen LogP contribution in [0.25, 0.3) is 0 Å². The van der Waals surface area contributed by atoms with Crippen LogP contribution >= 0.6 is 11.3 Å². The fourth-order valence-corrected chi connectivity index (χ4v) is 3.55. The van der Waals surface area contributed by atoms with Crippen molar-refractivity contribution in [3.05, 3.63) is 22.4 Å². The van der Waals surface area contributed by atoms with Gasteiger partial charge in [-0.2, -0.15) is 0 Å². The molecule has 1 aromatic rings. The van der Waals surface area contributed by atoms with Gasteiger partial charge >= 0.3 is 12.0 Å². The van der Waals surface area contributed by atoms with Crippen molar-refractivity contribution < 1.29 is 14.7 Å². The zero-order chi connectivity index (χ0) is 15.5. The number of piperidine rings is 1. The van der Waals surface area contributed by atoms with E-state index in [-0.39, 0.29) is 6.03 Å². The van der Waals surface area contributed by atoms with Crippen LogP contribution in [0.1, 0.15) is 31.1 Å². The van der Waals surface area contributed by atoms with Crippen molar-refractivity contribution >= 4 is 23.3 Å². The van der Waals surface area contributed by atoms with Crippen LogP contribution in [-0.2, 0) is 11.3 Å². The molecule has 2 amide bonds. The van der Waals surface area contributed by atoms with E-state index in [9.17, 15) is 14.7 Å². The molecule has 1 aliphatic rings. The van der Waals surface area contributed by atoms with Crippen LogP contribution < -0.4 is 0 Å². The molecule has 1 aromatic heterocycles. The van der Waals surface area contributed by atoms with Crippen molar-refractivity contribution in [2.45, 2.75) is 32.7 Å². The van der Waals surface area contributed by atoms with Gasteiger partial charge in [0.15, 0.2) is 0 Å². The SMILES string of the molecule is CCC1(C(=O)O)CCN(C(=O)N(C)Cc2cccs2)CC1. The molecule has 0 atom stereocenters. The van der Waals surface area contributed by atoms with E-state index in [0.29, 0.717) is 38.9 Å². The van der Waals surface area contributed by atoms with Crippen molar-refractivity contribution in [2.75, 3.05) is 20.1 Å². The van der Waals surface area contributed by atoms with Gasteiger partial charge in [-0.15, -0.1) is 11.3 Å². The van der Waals surface area contributed by atoms with Crippen LogP contribution in [0.2, 0.25) is 0 Å².